The first-order valence-corrected chi connectivity index (χ1v) is 9.57. The van der Waals surface area contributed by atoms with Crippen LogP contribution in [0.4, 0.5) is 5.69 Å². The molecule has 0 fully saturated rings. The van der Waals surface area contributed by atoms with Crippen LogP contribution in [0.1, 0.15) is 36.2 Å². The van der Waals surface area contributed by atoms with Crippen LogP contribution >= 0.6 is 15.9 Å². The van der Waals surface area contributed by atoms with Crippen LogP contribution in [0.3, 0.4) is 0 Å². The summed E-state index contributed by atoms with van der Waals surface area (Å²) in [6.07, 6.45) is 2.62. The van der Waals surface area contributed by atoms with Crippen LogP contribution in [0.25, 0.3) is 6.08 Å². The summed E-state index contributed by atoms with van der Waals surface area (Å²) in [5.74, 6) is -0.692. The fraction of sp³-hybridized carbons (Fsp3) is 0.190. The SMILES string of the molecule is CCCOc1ccc(Br)cc1C=C1C(=O)N(c2cccc(C(=O)O)c2)N=C1C. The van der Waals surface area contributed by atoms with E-state index in [4.69, 9.17) is 4.74 Å². The van der Waals surface area contributed by atoms with E-state index in [2.05, 4.69) is 21.0 Å². The van der Waals surface area contributed by atoms with Crippen molar-refractivity contribution >= 4 is 45.3 Å². The van der Waals surface area contributed by atoms with Crippen LogP contribution in [-0.2, 0) is 4.79 Å². The van der Waals surface area contributed by atoms with Gasteiger partial charge in [0.25, 0.3) is 5.91 Å². The number of anilines is 1. The van der Waals surface area contributed by atoms with Crippen molar-refractivity contribution < 1.29 is 19.4 Å². The Kier molecular flexibility index (Phi) is 5.94. The maximum absolute atomic E-state index is 13.0. The molecule has 1 aliphatic heterocycles. The molecule has 1 N–H and O–H groups in total. The number of carbonyl (C=O) groups excluding carboxylic acids is 1. The third-order valence-electron chi connectivity index (χ3n) is 4.13. The van der Waals surface area contributed by atoms with E-state index in [0.717, 1.165) is 16.5 Å². The highest BCUT2D eigenvalue weighted by molar-refractivity contribution is 9.10. The van der Waals surface area contributed by atoms with E-state index in [1.165, 1.54) is 17.1 Å². The Bertz CT molecular complexity index is 998. The maximum atomic E-state index is 13.0. The van der Waals surface area contributed by atoms with Gasteiger partial charge in [0.05, 0.1) is 29.1 Å². The fourth-order valence-corrected chi connectivity index (χ4v) is 3.14. The van der Waals surface area contributed by atoms with Gasteiger partial charge in [-0.3, -0.25) is 4.79 Å². The minimum absolute atomic E-state index is 0.0952. The second kappa shape index (κ2) is 8.39. The summed E-state index contributed by atoms with van der Waals surface area (Å²) in [5, 5.41) is 14.7. The Morgan fingerprint density at radius 1 is 1.29 bits per heavy atom. The zero-order valence-electron chi connectivity index (χ0n) is 15.5. The number of ether oxygens (including phenoxy) is 1. The summed E-state index contributed by atoms with van der Waals surface area (Å²) in [6.45, 7) is 4.35. The first kappa shape index (κ1) is 19.8. The van der Waals surface area contributed by atoms with Crippen LogP contribution in [0, 0.1) is 0 Å². The van der Waals surface area contributed by atoms with E-state index >= 15 is 0 Å². The van der Waals surface area contributed by atoms with E-state index < -0.39 is 5.97 Å². The average Bonchev–Trinajstić information content (AvgIpc) is 2.96. The number of carboxylic acids is 1. The van der Waals surface area contributed by atoms with E-state index in [-0.39, 0.29) is 11.5 Å². The summed E-state index contributed by atoms with van der Waals surface area (Å²) in [4.78, 5) is 24.2. The monoisotopic (exact) mass is 442 g/mol. The van der Waals surface area contributed by atoms with Crippen molar-refractivity contribution in [1.29, 1.82) is 0 Å². The third kappa shape index (κ3) is 4.14. The molecular formula is C21H19BrN2O4. The number of hydrazone groups is 1. The zero-order chi connectivity index (χ0) is 20.3. The number of aromatic carboxylic acids is 1. The van der Waals surface area contributed by atoms with Crippen molar-refractivity contribution in [2.24, 2.45) is 5.10 Å². The van der Waals surface area contributed by atoms with Gasteiger partial charge in [-0.25, -0.2) is 4.79 Å². The molecule has 2 aromatic carbocycles. The quantitative estimate of drug-likeness (QED) is 0.654. The standard InChI is InChI=1S/C21H19BrN2O4/c1-3-9-28-19-8-7-16(22)10-15(19)12-18-13(2)23-24(20(18)25)17-6-4-5-14(11-17)21(26)27/h4-8,10-12H,3,9H2,1-2H3,(H,26,27). The number of carboxylic acid groups (broad SMARTS) is 1. The van der Waals surface area contributed by atoms with Gasteiger partial charge in [-0.1, -0.05) is 28.9 Å². The maximum Gasteiger partial charge on any atom is 0.335 e. The number of amides is 1. The van der Waals surface area contributed by atoms with Gasteiger partial charge < -0.3 is 9.84 Å². The second-order valence-corrected chi connectivity index (χ2v) is 7.16. The van der Waals surface area contributed by atoms with Gasteiger partial charge in [-0.2, -0.15) is 10.1 Å². The van der Waals surface area contributed by atoms with Crippen LogP contribution in [0.15, 0.2) is 57.6 Å². The molecule has 0 aromatic heterocycles. The van der Waals surface area contributed by atoms with Crippen LogP contribution in [0.5, 0.6) is 5.75 Å². The molecule has 1 heterocycles. The van der Waals surface area contributed by atoms with Crippen molar-refractivity contribution in [2.45, 2.75) is 20.3 Å². The highest BCUT2D eigenvalue weighted by atomic mass is 79.9. The minimum Gasteiger partial charge on any atom is -0.493 e. The third-order valence-corrected chi connectivity index (χ3v) is 4.63. The van der Waals surface area contributed by atoms with E-state index in [1.54, 1.807) is 25.1 Å². The lowest BCUT2D eigenvalue weighted by molar-refractivity contribution is -0.114. The molecule has 0 spiro atoms. The molecule has 6 nitrogen and oxygen atoms in total. The molecule has 0 atom stereocenters. The molecule has 28 heavy (non-hydrogen) atoms. The van der Waals surface area contributed by atoms with Gasteiger partial charge in [0.1, 0.15) is 5.75 Å². The van der Waals surface area contributed by atoms with Crippen LogP contribution < -0.4 is 9.75 Å². The number of hydrogen-bond donors (Lipinski definition) is 1. The highest BCUT2D eigenvalue weighted by Crippen LogP contribution is 2.30. The Hall–Kier alpha value is -2.93. The molecule has 0 saturated carbocycles. The van der Waals surface area contributed by atoms with Crippen LogP contribution in [0.2, 0.25) is 0 Å². The first-order valence-electron chi connectivity index (χ1n) is 8.78. The molecule has 0 saturated heterocycles. The lowest BCUT2D eigenvalue weighted by Crippen LogP contribution is -2.21. The number of nitrogens with zero attached hydrogens (tertiary/aromatic N) is 2. The molecule has 0 aliphatic carbocycles. The predicted molar refractivity (Wildman–Crippen MR) is 112 cm³/mol. The highest BCUT2D eigenvalue weighted by Gasteiger charge is 2.29. The molecule has 144 valence electrons. The second-order valence-electron chi connectivity index (χ2n) is 6.25. The number of rotatable bonds is 6. The van der Waals surface area contributed by atoms with Crippen molar-refractivity contribution in [3.05, 3.63) is 63.6 Å². The Labute approximate surface area is 171 Å². The Balaban J connectivity index is 1.96. The number of hydrogen-bond acceptors (Lipinski definition) is 4. The van der Waals surface area contributed by atoms with Gasteiger partial charge in [-0.15, -0.1) is 0 Å². The fourth-order valence-electron chi connectivity index (χ4n) is 2.76. The minimum atomic E-state index is -1.06. The summed E-state index contributed by atoms with van der Waals surface area (Å²) in [6, 6.07) is 11.8. The number of halogens is 1. The Morgan fingerprint density at radius 2 is 2.07 bits per heavy atom. The van der Waals surface area contributed by atoms with Crippen LogP contribution in [-0.4, -0.2) is 29.3 Å². The molecule has 1 aliphatic rings. The molecule has 1 amide bonds. The van der Waals surface area contributed by atoms with Gasteiger partial charge in [0.15, 0.2) is 0 Å². The summed E-state index contributed by atoms with van der Waals surface area (Å²) in [5.41, 5.74) is 2.25. The molecule has 0 bridgehead atoms. The van der Waals surface area contributed by atoms with E-state index in [9.17, 15) is 14.7 Å². The lowest BCUT2D eigenvalue weighted by atomic mass is 10.1. The molecule has 3 rings (SSSR count). The molecule has 0 radical (unpaired) electrons. The molecule has 2 aromatic rings. The van der Waals surface area contributed by atoms with Gasteiger partial charge in [0, 0.05) is 10.0 Å². The van der Waals surface area contributed by atoms with Crippen molar-refractivity contribution in [3.63, 3.8) is 0 Å². The molecule has 7 heteroatoms. The normalized spacial score (nSPS) is 15.1. The van der Waals surface area contributed by atoms with Gasteiger partial charge in [0.2, 0.25) is 0 Å². The van der Waals surface area contributed by atoms with E-state index in [0.29, 0.717) is 29.3 Å². The molecule has 0 unspecified atom stereocenters. The Morgan fingerprint density at radius 3 is 2.79 bits per heavy atom. The van der Waals surface area contributed by atoms with Crippen molar-refractivity contribution in [2.75, 3.05) is 11.6 Å². The number of benzene rings is 2. The van der Waals surface area contributed by atoms with E-state index in [1.807, 2.05) is 25.1 Å². The summed E-state index contributed by atoms with van der Waals surface area (Å²) < 4.78 is 6.65. The van der Waals surface area contributed by atoms with Gasteiger partial charge in [-0.05, 0) is 55.8 Å². The number of carbonyl (C=O) groups is 2. The predicted octanol–water partition coefficient (Wildman–Crippen LogP) is 4.74. The summed E-state index contributed by atoms with van der Waals surface area (Å²) >= 11 is 3.45. The smallest absolute Gasteiger partial charge is 0.335 e. The topological polar surface area (TPSA) is 79.2 Å². The largest absolute Gasteiger partial charge is 0.493 e. The zero-order valence-corrected chi connectivity index (χ0v) is 17.1. The first-order chi connectivity index (χ1) is 13.4. The summed E-state index contributed by atoms with van der Waals surface area (Å²) in [7, 11) is 0. The lowest BCUT2D eigenvalue weighted by Gasteiger charge is -2.12. The van der Waals surface area contributed by atoms with Gasteiger partial charge >= 0.3 is 5.97 Å². The average molecular weight is 443 g/mol. The van der Waals surface area contributed by atoms with Crippen molar-refractivity contribution in [3.8, 4) is 5.75 Å². The molecular weight excluding hydrogens is 424 g/mol. The van der Waals surface area contributed by atoms with Crippen molar-refractivity contribution in [1.82, 2.24) is 0 Å².